The lowest BCUT2D eigenvalue weighted by molar-refractivity contribution is -0.114. The van der Waals surface area contributed by atoms with Crippen LogP contribution in [0.3, 0.4) is 0 Å². The maximum atomic E-state index is 12.3. The fourth-order valence-corrected chi connectivity index (χ4v) is 3.14. The number of carbonyl (C=O) groups excluding carboxylic acids is 2. The van der Waals surface area contributed by atoms with E-state index in [0.717, 1.165) is 12.8 Å². The van der Waals surface area contributed by atoms with E-state index in [1.807, 2.05) is 0 Å². The van der Waals surface area contributed by atoms with Crippen LogP contribution < -0.4 is 10.6 Å². The Morgan fingerprint density at radius 2 is 2.05 bits per heavy atom. The number of nitrogens with one attached hydrogen (secondary N) is 2. The molecule has 0 heterocycles. The van der Waals surface area contributed by atoms with Gasteiger partial charge in [0, 0.05) is 24.2 Å². The highest BCUT2D eigenvalue weighted by atomic mass is 16.2. The van der Waals surface area contributed by atoms with Crippen molar-refractivity contribution in [3.8, 4) is 0 Å². The van der Waals surface area contributed by atoms with Crippen LogP contribution in [0.4, 0.5) is 5.69 Å². The molecule has 104 valence electrons. The highest BCUT2D eigenvalue weighted by Gasteiger charge is 2.36. The fraction of sp³-hybridized carbons (Fsp3) is 0.375. The van der Waals surface area contributed by atoms with E-state index in [1.165, 1.54) is 6.92 Å². The van der Waals surface area contributed by atoms with Gasteiger partial charge in [0.15, 0.2) is 0 Å². The zero-order valence-electron chi connectivity index (χ0n) is 11.4. The lowest BCUT2D eigenvalue weighted by Gasteiger charge is -2.19. The molecule has 0 aromatic heterocycles. The van der Waals surface area contributed by atoms with Gasteiger partial charge in [-0.05, 0) is 42.9 Å². The summed E-state index contributed by atoms with van der Waals surface area (Å²) in [6.07, 6.45) is 6.67. The molecule has 0 aliphatic heterocycles. The third-order valence-corrected chi connectivity index (χ3v) is 4.04. The smallest absolute Gasteiger partial charge is 0.251 e. The summed E-state index contributed by atoms with van der Waals surface area (Å²) in [5, 5.41) is 5.79. The summed E-state index contributed by atoms with van der Waals surface area (Å²) in [4.78, 5) is 23.3. The molecule has 3 atom stereocenters. The van der Waals surface area contributed by atoms with Gasteiger partial charge in [-0.2, -0.15) is 0 Å². The molecule has 2 amide bonds. The van der Waals surface area contributed by atoms with Crippen LogP contribution in [-0.2, 0) is 4.79 Å². The molecule has 1 aromatic rings. The Morgan fingerprint density at radius 3 is 2.70 bits per heavy atom. The third-order valence-electron chi connectivity index (χ3n) is 4.04. The van der Waals surface area contributed by atoms with Crippen molar-refractivity contribution in [2.24, 2.45) is 11.8 Å². The van der Waals surface area contributed by atoms with Gasteiger partial charge in [0.1, 0.15) is 0 Å². The molecule has 0 saturated heterocycles. The summed E-state index contributed by atoms with van der Waals surface area (Å²) in [7, 11) is 0. The van der Waals surface area contributed by atoms with Crippen LogP contribution in [0.1, 0.15) is 30.1 Å². The molecule has 2 N–H and O–H groups in total. The predicted octanol–water partition coefficient (Wildman–Crippen LogP) is 2.34. The van der Waals surface area contributed by atoms with Gasteiger partial charge in [0.25, 0.3) is 5.91 Å². The van der Waals surface area contributed by atoms with Crippen molar-refractivity contribution in [2.45, 2.75) is 25.8 Å². The van der Waals surface area contributed by atoms with Crippen LogP contribution in [0.25, 0.3) is 0 Å². The Balaban J connectivity index is 1.68. The average molecular weight is 270 g/mol. The number of anilines is 1. The maximum absolute atomic E-state index is 12.3. The first kappa shape index (κ1) is 12.9. The summed E-state index contributed by atoms with van der Waals surface area (Å²) in [5.41, 5.74) is 1.24. The first-order valence-corrected chi connectivity index (χ1v) is 6.98. The lowest BCUT2D eigenvalue weighted by Crippen LogP contribution is -2.37. The monoisotopic (exact) mass is 270 g/mol. The minimum atomic E-state index is -0.138. The van der Waals surface area contributed by atoms with E-state index in [4.69, 9.17) is 0 Å². The van der Waals surface area contributed by atoms with Gasteiger partial charge in [0.2, 0.25) is 5.91 Å². The summed E-state index contributed by atoms with van der Waals surface area (Å²) in [6, 6.07) is 7.28. The van der Waals surface area contributed by atoms with Crippen LogP contribution in [-0.4, -0.2) is 17.9 Å². The molecule has 1 saturated carbocycles. The molecule has 0 spiro atoms. The van der Waals surface area contributed by atoms with Crippen molar-refractivity contribution in [1.29, 1.82) is 0 Å². The average Bonchev–Trinajstić information content (AvgIpc) is 3.00. The van der Waals surface area contributed by atoms with Crippen LogP contribution in [0.5, 0.6) is 0 Å². The number of hydrogen-bond donors (Lipinski definition) is 2. The van der Waals surface area contributed by atoms with Crippen molar-refractivity contribution >= 4 is 17.5 Å². The first-order valence-electron chi connectivity index (χ1n) is 6.98. The van der Waals surface area contributed by atoms with Crippen LogP contribution in [0.15, 0.2) is 36.4 Å². The number of fused-ring (bicyclic) bond motifs is 2. The Kier molecular flexibility index (Phi) is 3.30. The van der Waals surface area contributed by atoms with Crippen molar-refractivity contribution in [3.63, 3.8) is 0 Å². The van der Waals surface area contributed by atoms with E-state index in [0.29, 0.717) is 23.1 Å². The third kappa shape index (κ3) is 2.59. The normalized spacial score (nSPS) is 26.6. The molecular formula is C16H18N2O2. The molecule has 1 aromatic carbocycles. The Bertz CT molecular complexity index is 580. The molecule has 0 radical (unpaired) electrons. The second-order valence-corrected chi connectivity index (χ2v) is 5.62. The Morgan fingerprint density at radius 1 is 1.20 bits per heavy atom. The first-order chi connectivity index (χ1) is 9.61. The molecule has 3 unspecified atom stereocenters. The molecular weight excluding hydrogens is 252 g/mol. The van der Waals surface area contributed by atoms with Crippen LogP contribution in [0.2, 0.25) is 0 Å². The summed E-state index contributed by atoms with van der Waals surface area (Å²) >= 11 is 0. The predicted molar refractivity (Wildman–Crippen MR) is 77.4 cm³/mol. The van der Waals surface area contributed by atoms with Gasteiger partial charge < -0.3 is 10.6 Å². The summed E-state index contributed by atoms with van der Waals surface area (Å²) < 4.78 is 0. The van der Waals surface area contributed by atoms with E-state index in [2.05, 4.69) is 22.8 Å². The van der Waals surface area contributed by atoms with Gasteiger partial charge in [-0.15, -0.1) is 0 Å². The number of rotatable bonds is 3. The van der Waals surface area contributed by atoms with Crippen molar-refractivity contribution < 1.29 is 9.59 Å². The molecule has 4 heteroatoms. The van der Waals surface area contributed by atoms with E-state index in [-0.39, 0.29) is 17.9 Å². The molecule has 1 fully saturated rings. The molecule has 2 bridgehead atoms. The zero-order chi connectivity index (χ0) is 14.1. The minimum absolute atomic E-state index is 0.0665. The van der Waals surface area contributed by atoms with E-state index < -0.39 is 0 Å². The van der Waals surface area contributed by atoms with Crippen molar-refractivity contribution in [1.82, 2.24) is 5.32 Å². The van der Waals surface area contributed by atoms with Gasteiger partial charge in [-0.1, -0.05) is 18.2 Å². The van der Waals surface area contributed by atoms with Gasteiger partial charge in [-0.25, -0.2) is 0 Å². The van der Waals surface area contributed by atoms with E-state index in [1.54, 1.807) is 24.3 Å². The van der Waals surface area contributed by atoms with Crippen LogP contribution >= 0.6 is 0 Å². The minimum Gasteiger partial charge on any atom is -0.349 e. The highest BCUT2D eigenvalue weighted by molar-refractivity contribution is 5.97. The SMILES string of the molecule is CC(=O)Nc1cccc(C(=O)NC2CC3C=CC2C3)c1. The van der Waals surface area contributed by atoms with E-state index >= 15 is 0 Å². The topological polar surface area (TPSA) is 58.2 Å². The second kappa shape index (κ2) is 5.12. The zero-order valence-corrected chi connectivity index (χ0v) is 11.4. The highest BCUT2D eigenvalue weighted by Crippen LogP contribution is 2.39. The molecule has 2 aliphatic carbocycles. The molecule has 4 nitrogen and oxygen atoms in total. The Hall–Kier alpha value is -2.10. The van der Waals surface area contributed by atoms with Gasteiger partial charge >= 0.3 is 0 Å². The fourth-order valence-electron chi connectivity index (χ4n) is 3.14. The summed E-state index contributed by atoms with van der Waals surface area (Å²) in [6.45, 7) is 1.45. The number of benzene rings is 1. The van der Waals surface area contributed by atoms with E-state index in [9.17, 15) is 9.59 Å². The van der Waals surface area contributed by atoms with Crippen molar-refractivity contribution in [3.05, 3.63) is 42.0 Å². The number of allylic oxidation sites excluding steroid dienone is 1. The molecule has 20 heavy (non-hydrogen) atoms. The Labute approximate surface area is 118 Å². The number of carbonyl (C=O) groups is 2. The largest absolute Gasteiger partial charge is 0.349 e. The maximum Gasteiger partial charge on any atom is 0.251 e. The standard InChI is InChI=1S/C16H18N2O2/c1-10(19)17-14-4-2-3-13(9-14)16(20)18-15-8-11-5-6-12(15)7-11/h2-6,9,11-12,15H,7-8H2,1H3,(H,17,19)(H,18,20). The molecule has 2 aliphatic rings. The quantitative estimate of drug-likeness (QED) is 0.828. The second-order valence-electron chi connectivity index (χ2n) is 5.62. The van der Waals surface area contributed by atoms with Gasteiger partial charge in [0.05, 0.1) is 0 Å². The van der Waals surface area contributed by atoms with Gasteiger partial charge in [-0.3, -0.25) is 9.59 Å². The van der Waals surface area contributed by atoms with Crippen molar-refractivity contribution in [2.75, 3.05) is 5.32 Å². The molecule has 3 rings (SSSR count). The lowest BCUT2D eigenvalue weighted by atomic mass is 10.0. The number of amides is 2. The number of hydrogen-bond acceptors (Lipinski definition) is 2. The summed E-state index contributed by atoms with van der Waals surface area (Å²) in [5.74, 6) is 0.919. The van der Waals surface area contributed by atoms with Crippen LogP contribution in [0, 0.1) is 11.8 Å².